The number of piperidine rings is 1. The molecule has 0 unspecified atom stereocenters. The Morgan fingerprint density at radius 2 is 1.74 bits per heavy atom. The van der Waals surface area contributed by atoms with Gasteiger partial charge in [0.2, 0.25) is 11.8 Å². The molecule has 0 aliphatic carbocycles. The maximum Gasteiger partial charge on any atom is 0.227 e. The van der Waals surface area contributed by atoms with Crippen molar-refractivity contribution in [1.82, 2.24) is 14.8 Å². The Morgan fingerprint density at radius 3 is 2.42 bits per heavy atom. The third-order valence-electron chi connectivity index (χ3n) is 6.16. The Kier molecular flexibility index (Phi) is 6.70. The molecule has 2 saturated heterocycles. The predicted octanol–water partition coefficient (Wildman–Crippen LogP) is 2.76. The molecule has 2 aliphatic rings. The highest BCUT2D eigenvalue weighted by atomic mass is 16.5. The molecule has 0 bridgehead atoms. The molecule has 2 fully saturated rings. The number of pyridine rings is 1. The second-order valence-corrected chi connectivity index (χ2v) is 8.29. The van der Waals surface area contributed by atoms with Crippen molar-refractivity contribution in [2.24, 2.45) is 11.8 Å². The summed E-state index contributed by atoms with van der Waals surface area (Å²) in [5.41, 5.74) is 1.04. The normalized spacial score (nSPS) is 19.5. The molecule has 7 nitrogen and oxygen atoms in total. The smallest absolute Gasteiger partial charge is 0.227 e. The summed E-state index contributed by atoms with van der Waals surface area (Å²) in [4.78, 5) is 33.1. The van der Waals surface area contributed by atoms with Crippen LogP contribution in [0, 0.1) is 11.8 Å². The van der Waals surface area contributed by atoms with E-state index in [2.05, 4.69) is 4.98 Å². The number of rotatable bonds is 7. The topological polar surface area (TPSA) is 72.0 Å². The summed E-state index contributed by atoms with van der Waals surface area (Å²) < 4.78 is 11.1. The molecule has 7 heteroatoms. The summed E-state index contributed by atoms with van der Waals surface area (Å²) >= 11 is 0. The van der Waals surface area contributed by atoms with Crippen LogP contribution in [0.2, 0.25) is 0 Å². The van der Waals surface area contributed by atoms with Crippen LogP contribution in [0.25, 0.3) is 0 Å². The fraction of sp³-hybridized carbons (Fsp3) is 0.458. The lowest BCUT2D eigenvalue weighted by molar-refractivity contribution is -0.137. The Balaban J connectivity index is 1.22. The van der Waals surface area contributed by atoms with Gasteiger partial charge in [-0.25, -0.2) is 0 Å². The molecule has 164 valence electrons. The number of methoxy groups -OCH3 is 1. The summed E-state index contributed by atoms with van der Waals surface area (Å²) in [5, 5.41) is 0. The van der Waals surface area contributed by atoms with Gasteiger partial charge < -0.3 is 19.3 Å². The molecule has 1 atom stereocenters. The first kappa shape index (κ1) is 21.2. The van der Waals surface area contributed by atoms with E-state index in [0.29, 0.717) is 32.0 Å². The van der Waals surface area contributed by atoms with Crippen molar-refractivity contribution in [3.63, 3.8) is 0 Å². The minimum Gasteiger partial charge on any atom is -0.497 e. The van der Waals surface area contributed by atoms with Gasteiger partial charge in [0.25, 0.3) is 0 Å². The van der Waals surface area contributed by atoms with Gasteiger partial charge in [0.05, 0.1) is 19.6 Å². The van der Waals surface area contributed by atoms with E-state index >= 15 is 0 Å². The SMILES string of the molecule is COc1ccc(OCC2CCN(C(=O)[C@@H]3CC(=O)N(Cc4ccncc4)C3)CC2)cc1. The van der Waals surface area contributed by atoms with Crippen LogP contribution >= 0.6 is 0 Å². The van der Waals surface area contributed by atoms with Gasteiger partial charge in [0.15, 0.2) is 0 Å². The Morgan fingerprint density at radius 1 is 1.06 bits per heavy atom. The number of nitrogens with zero attached hydrogens (tertiary/aromatic N) is 3. The lowest BCUT2D eigenvalue weighted by Gasteiger charge is -2.33. The zero-order valence-corrected chi connectivity index (χ0v) is 17.9. The van der Waals surface area contributed by atoms with E-state index in [1.54, 1.807) is 24.4 Å². The molecular weight excluding hydrogens is 394 g/mol. The summed E-state index contributed by atoms with van der Waals surface area (Å²) in [6, 6.07) is 11.4. The lowest BCUT2D eigenvalue weighted by Crippen LogP contribution is -2.43. The Bertz CT molecular complexity index is 879. The number of carbonyl (C=O) groups is 2. The molecule has 2 aromatic rings. The van der Waals surface area contributed by atoms with Crippen molar-refractivity contribution in [1.29, 1.82) is 0 Å². The Labute approximate surface area is 183 Å². The second-order valence-electron chi connectivity index (χ2n) is 8.29. The van der Waals surface area contributed by atoms with Crippen LogP contribution in [0.15, 0.2) is 48.8 Å². The van der Waals surface area contributed by atoms with E-state index < -0.39 is 0 Å². The van der Waals surface area contributed by atoms with Gasteiger partial charge in [-0.05, 0) is 60.7 Å². The average Bonchev–Trinajstić information content (AvgIpc) is 3.18. The van der Waals surface area contributed by atoms with Gasteiger partial charge in [0, 0.05) is 45.0 Å². The Hall–Kier alpha value is -3.09. The molecule has 2 aliphatic heterocycles. The van der Waals surface area contributed by atoms with Crippen LogP contribution < -0.4 is 9.47 Å². The highest BCUT2D eigenvalue weighted by Gasteiger charge is 2.37. The number of amides is 2. The van der Waals surface area contributed by atoms with Crippen LogP contribution in [-0.4, -0.2) is 59.9 Å². The number of hydrogen-bond donors (Lipinski definition) is 0. The van der Waals surface area contributed by atoms with Crippen molar-refractivity contribution in [3.05, 3.63) is 54.4 Å². The van der Waals surface area contributed by atoms with Crippen LogP contribution in [0.4, 0.5) is 0 Å². The summed E-state index contributed by atoms with van der Waals surface area (Å²) in [6.07, 6.45) is 5.60. The van der Waals surface area contributed by atoms with Crippen molar-refractivity contribution < 1.29 is 19.1 Å². The second kappa shape index (κ2) is 9.81. The number of carbonyl (C=O) groups excluding carboxylic acids is 2. The quantitative estimate of drug-likeness (QED) is 0.685. The highest BCUT2D eigenvalue weighted by Crippen LogP contribution is 2.26. The minimum absolute atomic E-state index is 0.0536. The van der Waals surface area contributed by atoms with Crippen LogP contribution in [0.3, 0.4) is 0 Å². The molecule has 0 saturated carbocycles. The fourth-order valence-electron chi connectivity index (χ4n) is 4.26. The largest absolute Gasteiger partial charge is 0.497 e. The van der Waals surface area contributed by atoms with Gasteiger partial charge in [-0.3, -0.25) is 14.6 Å². The van der Waals surface area contributed by atoms with Crippen LogP contribution in [0.5, 0.6) is 11.5 Å². The van der Waals surface area contributed by atoms with Gasteiger partial charge in [-0.1, -0.05) is 0 Å². The lowest BCUT2D eigenvalue weighted by atomic mass is 9.96. The first-order chi connectivity index (χ1) is 15.1. The predicted molar refractivity (Wildman–Crippen MR) is 116 cm³/mol. The maximum absolute atomic E-state index is 13.0. The van der Waals surface area contributed by atoms with Crippen LogP contribution in [-0.2, 0) is 16.1 Å². The van der Waals surface area contributed by atoms with E-state index in [1.807, 2.05) is 41.3 Å². The molecule has 1 aromatic heterocycles. The summed E-state index contributed by atoms with van der Waals surface area (Å²) in [7, 11) is 1.64. The van der Waals surface area contributed by atoms with Crippen molar-refractivity contribution in [2.45, 2.75) is 25.8 Å². The molecule has 31 heavy (non-hydrogen) atoms. The zero-order chi connectivity index (χ0) is 21.6. The van der Waals surface area contributed by atoms with Gasteiger partial charge in [-0.15, -0.1) is 0 Å². The third kappa shape index (κ3) is 5.34. The first-order valence-corrected chi connectivity index (χ1v) is 10.8. The number of aromatic nitrogens is 1. The maximum atomic E-state index is 13.0. The molecular formula is C24H29N3O4. The van der Waals surface area contributed by atoms with E-state index in [4.69, 9.17) is 9.47 Å². The monoisotopic (exact) mass is 423 g/mol. The van der Waals surface area contributed by atoms with Gasteiger partial charge in [-0.2, -0.15) is 0 Å². The van der Waals surface area contributed by atoms with E-state index in [9.17, 15) is 9.59 Å². The van der Waals surface area contributed by atoms with E-state index in [0.717, 1.165) is 43.0 Å². The molecule has 0 spiro atoms. The van der Waals surface area contributed by atoms with Crippen molar-refractivity contribution in [2.75, 3.05) is 33.4 Å². The molecule has 0 N–H and O–H groups in total. The number of benzene rings is 1. The van der Waals surface area contributed by atoms with Crippen molar-refractivity contribution in [3.8, 4) is 11.5 Å². The van der Waals surface area contributed by atoms with E-state index in [-0.39, 0.29) is 17.7 Å². The third-order valence-corrected chi connectivity index (χ3v) is 6.16. The van der Waals surface area contributed by atoms with Gasteiger partial charge >= 0.3 is 0 Å². The summed E-state index contributed by atoms with van der Waals surface area (Å²) in [6.45, 7) is 3.14. The number of ether oxygens (including phenoxy) is 2. The molecule has 2 amide bonds. The molecule has 3 heterocycles. The number of likely N-dealkylation sites (tertiary alicyclic amines) is 2. The minimum atomic E-state index is -0.235. The van der Waals surface area contributed by atoms with E-state index in [1.165, 1.54) is 0 Å². The summed E-state index contributed by atoms with van der Waals surface area (Å²) in [5.74, 6) is 2.00. The number of hydrogen-bond acceptors (Lipinski definition) is 5. The molecule has 4 rings (SSSR count). The van der Waals surface area contributed by atoms with Crippen LogP contribution in [0.1, 0.15) is 24.8 Å². The fourth-order valence-corrected chi connectivity index (χ4v) is 4.26. The highest BCUT2D eigenvalue weighted by molar-refractivity contribution is 5.89. The first-order valence-electron chi connectivity index (χ1n) is 10.8. The average molecular weight is 424 g/mol. The zero-order valence-electron chi connectivity index (χ0n) is 17.9. The molecule has 0 radical (unpaired) electrons. The molecule has 1 aromatic carbocycles. The standard InChI is InChI=1S/C24H29N3O4/c1-30-21-2-4-22(5-3-21)31-17-19-8-12-26(13-9-19)24(29)20-14-23(28)27(16-20)15-18-6-10-25-11-7-18/h2-7,10-11,19-20H,8-9,12-17H2,1H3/t20-/m1/s1. The van der Waals surface area contributed by atoms with Crippen molar-refractivity contribution >= 4 is 11.8 Å². The van der Waals surface area contributed by atoms with Gasteiger partial charge in [0.1, 0.15) is 11.5 Å².